The molecule has 0 aliphatic carbocycles. The summed E-state index contributed by atoms with van der Waals surface area (Å²) in [6, 6.07) is 10.7. The number of aromatic nitrogens is 1. The van der Waals surface area contributed by atoms with Crippen molar-refractivity contribution in [1.29, 1.82) is 0 Å². The van der Waals surface area contributed by atoms with E-state index in [0.717, 1.165) is 6.54 Å². The molecule has 3 rings (SSSR count). The number of para-hydroxylation sites is 1. The van der Waals surface area contributed by atoms with Crippen LogP contribution in [0, 0.1) is 15.9 Å². The molecule has 0 saturated heterocycles. The van der Waals surface area contributed by atoms with Crippen molar-refractivity contribution in [3.63, 3.8) is 0 Å². The van der Waals surface area contributed by atoms with Crippen LogP contribution in [0.3, 0.4) is 0 Å². The average Bonchev–Trinajstić information content (AvgIpc) is 3.14. The third kappa shape index (κ3) is 5.25. The Balaban J connectivity index is 1.87. The number of nitro groups is 1. The molecule has 0 N–H and O–H groups in total. The van der Waals surface area contributed by atoms with Crippen molar-refractivity contribution in [3.8, 4) is 0 Å². The molecule has 0 fully saturated rings. The van der Waals surface area contributed by atoms with Crippen molar-refractivity contribution in [2.45, 2.75) is 6.42 Å². The van der Waals surface area contributed by atoms with Gasteiger partial charge in [0.2, 0.25) is 0 Å². The standard InChI is InChI=1S/C21H21FN4O3S/c1-24(2)12-5-13-25(21-23-20-17(22)8-4-9-18(20)30-21)19(27)11-10-15-6-3-7-16(14-15)26(28)29/h3-4,6-11,14H,5,12-13H2,1-2H3. The normalized spacial score (nSPS) is 11.5. The number of anilines is 1. The van der Waals surface area contributed by atoms with Crippen LogP contribution in [0.4, 0.5) is 15.2 Å². The molecule has 0 unspecified atom stereocenters. The van der Waals surface area contributed by atoms with E-state index in [9.17, 15) is 19.3 Å². The zero-order chi connectivity index (χ0) is 21.7. The first kappa shape index (κ1) is 21.5. The van der Waals surface area contributed by atoms with Crippen molar-refractivity contribution in [1.82, 2.24) is 9.88 Å². The number of nitro benzene ring substituents is 1. The number of thiazole rings is 1. The highest BCUT2D eigenvalue weighted by atomic mass is 32.1. The molecule has 0 aliphatic rings. The summed E-state index contributed by atoms with van der Waals surface area (Å²) in [5, 5.41) is 11.4. The van der Waals surface area contributed by atoms with Crippen LogP contribution in [0.1, 0.15) is 12.0 Å². The lowest BCUT2D eigenvalue weighted by Gasteiger charge is -2.19. The number of carbonyl (C=O) groups is 1. The van der Waals surface area contributed by atoms with Gasteiger partial charge in [-0.05, 0) is 50.8 Å². The first-order chi connectivity index (χ1) is 14.3. The second-order valence-electron chi connectivity index (χ2n) is 6.92. The van der Waals surface area contributed by atoms with Crippen LogP contribution in [0.5, 0.6) is 0 Å². The van der Waals surface area contributed by atoms with Gasteiger partial charge in [0, 0.05) is 24.8 Å². The fraction of sp³-hybridized carbons (Fsp3) is 0.238. The summed E-state index contributed by atoms with van der Waals surface area (Å²) in [6.07, 6.45) is 3.60. The van der Waals surface area contributed by atoms with Crippen LogP contribution in [-0.4, -0.2) is 47.9 Å². The summed E-state index contributed by atoms with van der Waals surface area (Å²) in [5.74, 6) is -0.748. The Labute approximate surface area is 177 Å². The first-order valence-electron chi connectivity index (χ1n) is 9.29. The highest BCUT2D eigenvalue weighted by Gasteiger charge is 2.19. The second kappa shape index (κ2) is 9.55. The molecule has 9 heteroatoms. The minimum atomic E-state index is -0.484. The summed E-state index contributed by atoms with van der Waals surface area (Å²) in [5.41, 5.74) is 0.737. The number of hydrogen-bond donors (Lipinski definition) is 0. The molecule has 3 aromatic rings. The third-order valence-corrected chi connectivity index (χ3v) is 5.39. The lowest BCUT2D eigenvalue weighted by Crippen LogP contribution is -2.32. The second-order valence-corrected chi connectivity index (χ2v) is 7.92. The SMILES string of the molecule is CN(C)CCCN(C(=O)C=Cc1cccc([N+](=O)[O-])c1)c1nc2c(F)cccc2s1. The van der Waals surface area contributed by atoms with Crippen molar-refractivity contribution < 1.29 is 14.1 Å². The van der Waals surface area contributed by atoms with Crippen molar-refractivity contribution in [2.24, 2.45) is 0 Å². The molecular weight excluding hydrogens is 407 g/mol. The molecule has 7 nitrogen and oxygen atoms in total. The van der Waals surface area contributed by atoms with Crippen LogP contribution in [0.2, 0.25) is 0 Å². The highest BCUT2D eigenvalue weighted by Crippen LogP contribution is 2.30. The van der Waals surface area contributed by atoms with Crippen LogP contribution < -0.4 is 4.90 Å². The van der Waals surface area contributed by atoms with Gasteiger partial charge in [-0.2, -0.15) is 0 Å². The molecule has 1 heterocycles. The van der Waals surface area contributed by atoms with E-state index >= 15 is 0 Å². The fourth-order valence-electron chi connectivity index (χ4n) is 2.86. The van der Waals surface area contributed by atoms with Crippen molar-refractivity contribution >= 4 is 44.4 Å². The van der Waals surface area contributed by atoms with Gasteiger partial charge in [0.1, 0.15) is 11.3 Å². The van der Waals surface area contributed by atoms with Gasteiger partial charge in [-0.3, -0.25) is 19.8 Å². The molecular formula is C21H21FN4O3S. The zero-order valence-corrected chi connectivity index (χ0v) is 17.4. The molecule has 0 bridgehead atoms. The van der Waals surface area contributed by atoms with Gasteiger partial charge in [0.25, 0.3) is 11.6 Å². The maximum Gasteiger partial charge on any atom is 0.270 e. The van der Waals surface area contributed by atoms with Gasteiger partial charge >= 0.3 is 0 Å². The Morgan fingerprint density at radius 3 is 2.70 bits per heavy atom. The van der Waals surface area contributed by atoms with E-state index in [0.29, 0.717) is 28.4 Å². The Kier molecular flexibility index (Phi) is 6.86. The number of hydrogen-bond acceptors (Lipinski definition) is 6. The summed E-state index contributed by atoms with van der Waals surface area (Å²) in [6.45, 7) is 1.19. The minimum absolute atomic E-state index is 0.0471. The Morgan fingerprint density at radius 2 is 2.00 bits per heavy atom. The number of non-ortho nitro benzene ring substituents is 1. The van der Waals surface area contributed by atoms with Gasteiger partial charge in [-0.15, -0.1) is 0 Å². The topological polar surface area (TPSA) is 79.6 Å². The average molecular weight is 428 g/mol. The van der Waals surface area contributed by atoms with E-state index in [-0.39, 0.29) is 17.1 Å². The summed E-state index contributed by atoms with van der Waals surface area (Å²) in [7, 11) is 3.89. The van der Waals surface area contributed by atoms with E-state index in [1.54, 1.807) is 24.3 Å². The summed E-state index contributed by atoms with van der Waals surface area (Å²) >= 11 is 1.25. The highest BCUT2D eigenvalue weighted by molar-refractivity contribution is 7.22. The molecule has 0 saturated carbocycles. The van der Waals surface area contributed by atoms with Gasteiger partial charge in [0.15, 0.2) is 5.13 Å². The number of carbonyl (C=O) groups excluding carboxylic acids is 1. The Morgan fingerprint density at radius 1 is 1.23 bits per heavy atom. The monoisotopic (exact) mass is 428 g/mol. The predicted molar refractivity (Wildman–Crippen MR) is 117 cm³/mol. The largest absolute Gasteiger partial charge is 0.309 e. The Hall–Kier alpha value is -3.17. The van der Waals surface area contributed by atoms with Gasteiger partial charge in [-0.25, -0.2) is 9.37 Å². The lowest BCUT2D eigenvalue weighted by atomic mass is 10.2. The van der Waals surface area contributed by atoms with E-state index in [1.165, 1.54) is 46.6 Å². The van der Waals surface area contributed by atoms with E-state index in [1.807, 2.05) is 19.0 Å². The maximum absolute atomic E-state index is 14.1. The molecule has 0 spiro atoms. The Bertz CT molecular complexity index is 1100. The number of amides is 1. The van der Waals surface area contributed by atoms with Crippen molar-refractivity contribution in [2.75, 3.05) is 32.1 Å². The van der Waals surface area contributed by atoms with Crippen LogP contribution in [0.15, 0.2) is 48.5 Å². The van der Waals surface area contributed by atoms with Gasteiger partial charge < -0.3 is 4.90 Å². The quantitative estimate of drug-likeness (QED) is 0.303. The zero-order valence-electron chi connectivity index (χ0n) is 16.6. The maximum atomic E-state index is 14.1. The van der Waals surface area contributed by atoms with E-state index in [4.69, 9.17) is 0 Å². The molecule has 1 amide bonds. The lowest BCUT2D eigenvalue weighted by molar-refractivity contribution is -0.384. The fourth-order valence-corrected chi connectivity index (χ4v) is 3.87. The number of nitrogens with zero attached hydrogens (tertiary/aromatic N) is 4. The molecule has 0 atom stereocenters. The molecule has 0 aliphatic heterocycles. The smallest absolute Gasteiger partial charge is 0.270 e. The van der Waals surface area contributed by atoms with Crippen LogP contribution >= 0.6 is 11.3 Å². The number of benzene rings is 2. The van der Waals surface area contributed by atoms with Gasteiger partial charge in [0.05, 0.1) is 9.62 Å². The van der Waals surface area contributed by atoms with Crippen LogP contribution in [-0.2, 0) is 4.79 Å². The van der Waals surface area contributed by atoms with Crippen molar-refractivity contribution in [3.05, 3.63) is 70.0 Å². The summed E-state index contributed by atoms with van der Waals surface area (Å²) < 4.78 is 14.7. The molecule has 1 aromatic heterocycles. The molecule has 156 valence electrons. The molecule has 30 heavy (non-hydrogen) atoms. The van der Waals surface area contributed by atoms with Gasteiger partial charge in [-0.1, -0.05) is 29.5 Å². The predicted octanol–water partition coefficient (Wildman–Crippen LogP) is 4.34. The number of rotatable bonds is 8. The van der Waals surface area contributed by atoms with Crippen LogP contribution in [0.25, 0.3) is 16.3 Å². The van der Waals surface area contributed by atoms with E-state index in [2.05, 4.69) is 4.98 Å². The number of fused-ring (bicyclic) bond motifs is 1. The number of halogens is 1. The summed E-state index contributed by atoms with van der Waals surface area (Å²) in [4.78, 5) is 31.3. The third-order valence-electron chi connectivity index (χ3n) is 4.34. The first-order valence-corrected chi connectivity index (χ1v) is 10.1. The minimum Gasteiger partial charge on any atom is -0.309 e. The molecule has 2 aromatic carbocycles. The molecule has 0 radical (unpaired) electrons. The van der Waals surface area contributed by atoms with E-state index < -0.39 is 10.7 Å².